The van der Waals surface area contributed by atoms with E-state index >= 15 is 0 Å². The summed E-state index contributed by atoms with van der Waals surface area (Å²) in [7, 11) is 0. The highest BCUT2D eigenvalue weighted by Gasteiger charge is 2.39. The third-order valence-electron chi connectivity index (χ3n) is 4.53. The summed E-state index contributed by atoms with van der Waals surface area (Å²) in [5.41, 5.74) is -0.382. The molecule has 2 fully saturated rings. The molecular formula is C15H25NO4. The van der Waals surface area contributed by atoms with Gasteiger partial charge in [-0.3, -0.25) is 9.59 Å². The van der Waals surface area contributed by atoms with Crippen LogP contribution >= 0.6 is 0 Å². The van der Waals surface area contributed by atoms with Crippen LogP contribution in [0.15, 0.2) is 0 Å². The number of likely N-dealkylation sites (tertiary alicyclic amines) is 1. The van der Waals surface area contributed by atoms with Crippen LogP contribution in [0.3, 0.4) is 0 Å². The van der Waals surface area contributed by atoms with Gasteiger partial charge in [-0.05, 0) is 44.9 Å². The molecule has 1 amide bonds. The monoisotopic (exact) mass is 283 g/mol. The topological polar surface area (TPSA) is 66.8 Å². The first-order chi connectivity index (χ1) is 9.51. The van der Waals surface area contributed by atoms with Crippen molar-refractivity contribution in [2.45, 2.75) is 45.4 Å². The summed E-state index contributed by atoms with van der Waals surface area (Å²) in [5, 5.41) is 8.77. The van der Waals surface area contributed by atoms with E-state index in [1.807, 2.05) is 11.8 Å². The number of carbonyl (C=O) groups is 2. The number of carbonyl (C=O) groups excluding carboxylic acids is 1. The van der Waals surface area contributed by atoms with Gasteiger partial charge in [-0.15, -0.1) is 0 Å². The summed E-state index contributed by atoms with van der Waals surface area (Å²) in [6.07, 6.45) is 4.72. The molecule has 0 aromatic heterocycles. The van der Waals surface area contributed by atoms with Crippen molar-refractivity contribution in [1.82, 2.24) is 4.90 Å². The summed E-state index contributed by atoms with van der Waals surface area (Å²) in [6.45, 7) is 4.78. The molecular weight excluding hydrogens is 258 g/mol. The molecule has 2 aliphatic rings. The van der Waals surface area contributed by atoms with Crippen LogP contribution < -0.4 is 0 Å². The molecule has 20 heavy (non-hydrogen) atoms. The van der Waals surface area contributed by atoms with Crippen molar-refractivity contribution in [2.24, 2.45) is 11.3 Å². The van der Waals surface area contributed by atoms with Gasteiger partial charge < -0.3 is 14.7 Å². The molecule has 0 bridgehead atoms. The molecule has 2 heterocycles. The van der Waals surface area contributed by atoms with Gasteiger partial charge in [0, 0.05) is 26.1 Å². The molecule has 2 aliphatic heterocycles. The van der Waals surface area contributed by atoms with Crippen molar-refractivity contribution in [2.75, 3.05) is 26.3 Å². The SMILES string of the molecule is CC1(C(=O)N2CCCC(CCC(=O)O)C2)CCCOC1. The highest BCUT2D eigenvalue weighted by molar-refractivity contribution is 5.82. The predicted octanol–water partition coefficient (Wildman–Crippen LogP) is 1.91. The maximum absolute atomic E-state index is 12.7. The largest absolute Gasteiger partial charge is 0.481 e. The molecule has 0 aromatic carbocycles. The first-order valence-corrected chi connectivity index (χ1v) is 7.60. The number of aliphatic carboxylic acids is 1. The molecule has 2 unspecified atom stereocenters. The Kier molecular flexibility index (Phi) is 5.02. The van der Waals surface area contributed by atoms with Gasteiger partial charge in [0.15, 0.2) is 0 Å². The normalized spacial score (nSPS) is 31.1. The lowest BCUT2D eigenvalue weighted by Gasteiger charge is -2.40. The zero-order chi connectivity index (χ0) is 14.6. The molecule has 0 saturated carbocycles. The van der Waals surface area contributed by atoms with Gasteiger partial charge in [-0.2, -0.15) is 0 Å². The molecule has 0 aromatic rings. The zero-order valence-electron chi connectivity index (χ0n) is 12.3. The average molecular weight is 283 g/mol. The minimum atomic E-state index is -0.749. The van der Waals surface area contributed by atoms with E-state index in [-0.39, 0.29) is 17.7 Å². The second-order valence-electron chi connectivity index (χ2n) is 6.41. The molecule has 114 valence electrons. The summed E-state index contributed by atoms with van der Waals surface area (Å²) in [6, 6.07) is 0. The van der Waals surface area contributed by atoms with Gasteiger partial charge in [-0.1, -0.05) is 0 Å². The van der Waals surface area contributed by atoms with Gasteiger partial charge in [0.05, 0.1) is 12.0 Å². The molecule has 0 aliphatic carbocycles. The third kappa shape index (κ3) is 3.72. The quantitative estimate of drug-likeness (QED) is 0.856. The van der Waals surface area contributed by atoms with Gasteiger partial charge in [-0.25, -0.2) is 0 Å². The van der Waals surface area contributed by atoms with Gasteiger partial charge in [0.2, 0.25) is 5.91 Å². The number of rotatable bonds is 4. The summed E-state index contributed by atoms with van der Waals surface area (Å²) in [5.74, 6) is -0.227. The van der Waals surface area contributed by atoms with Crippen molar-refractivity contribution < 1.29 is 19.4 Å². The van der Waals surface area contributed by atoms with E-state index in [1.54, 1.807) is 0 Å². The molecule has 5 nitrogen and oxygen atoms in total. The standard InChI is InChI=1S/C15H25NO4/c1-15(7-3-9-20-11-15)14(19)16-8-2-4-12(10-16)5-6-13(17)18/h12H,2-11H2,1H3,(H,17,18). The van der Waals surface area contributed by atoms with Crippen LogP contribution in [0, 0.1) is 11.3 Å². The fraction of sp³-hybridized carbons (Fsp3) is 0.867. The van der Waals surface area contributed by atoms with Gasteiger partial charge in [0.25, 0.3) is 0 Å². The van der Waals surface area contributed by atoms with E-state index in [1.165, 1.54) is 0 Å². The fourth-order valence-corrected chi connectivity index (χ4v) is 3.30. The molecule has 2 atom stereocenters. The number of ether oxygens (including phenoxy) is 1. The van der Waals surface area contributed by atoms with Crippen LogP contribution in [-0.2, 0) is 14.3 Å². The number of carboxylic acids is 1. The molecule has 0 spiro atoms. The van der Waals surface area contributed by atoms with E-state index in [4.69, 9.17) is 9.84 Å². The zero-order valence-corrected chi connectivity index (χ0v) is 12.3. The van der Waals surface area contributed by atoms with Gasteiger partial charge >= 0.3 is 5.97 Å². The van der Waals surface area contributed by atoms with Crippen LogP contribution in [0.25, 0.3) is 0 Å². The first kappa shape index (κ1) is 15.3. The minimum Gasteiger partial charge on any atom is -0.481 e. The van der Waals surface area contributed by atoms with Crippen LogP contribution in [0.1, 0.15) is 45.4 Å². The first-order valence-electron chi connectivity index (χ1n) is 7.60. The van der Waals surface area contributed by atoms with Crippen LogP contribution in [0.5, 0.6) is 0 Å². The average Bonchev–Trinajstić information content (AvgIpc) is 2.45. The Morgan fingerprint density at radius 1 is 1.40 bits per heavy atom. The molecule has 2 saturated heterocycles. The fourth-order valence-electron chi connectivity index (χ4n) is 3.30. The number of hydrogen-bond donors (Lipinski definition) is 1. The summed E-state index contributed by atoms with van der Waals surface area (Å²) >= 11 is 0. The van der Waals surface area contributed by atoms with E-state index in [2.05, 4.69) is 0 Å². The summed E-state index contributed by atoms with van der Waals surface area (Å²) in [4.78, 5) is 25.3. The number of nitrogens with zero attached hydrogens (tertiary/aromatic N) is 1. The van der Waals surface area contributed by atoms with Crippen LogP contribution in [-0.4, -0.2) is 48.2 Å². The highest BCUT2D eigenvalue weighted by atomic mass is 16.5. The third-order valence-corrected chi connectivity index (χ3v) is 4.53. The Balaban J connectivity index is 1.90. The maximum atomic E-state index is 12.7. The Bertz CT molecular complexity index is 363. The highest BCUT2D eigenvalue weighted by Crippen LogP contribution is 2.32. The smallest absolute Gasteiger partial charge is 0.303 e. The minimum absolute atomic E-state index is 0.192. The van der Waals surface area contributed by atoms with E-state index in [0.717, 1.165) is 38.8 Å². The van der Waals surface area contributed by atoms with Crippen molar-refractivity contribution >= 4 is 11.9 Å². The van der Waals surface area contributed by atoms with E-state index in [9.17, 15) is 9.59 Å². The summed E-state index contributed by atoms with van der Waals surface area (Å²) < 4.78 is 5.48. The lowest BCUT2D eigenvalue weighted by molar-refractivity contribution is -0.150. The molecule has 2 rings (SSSR count). The second kappa shape index (κ2) is 6.57. The van der Waals surface area contributed by atoms with Crippen LogP contribution in [0.2, 0.25) is 0 Å². The lowest BCUT2D eigenvalue weighted by atomic mass is 9.82. The van der Waals surface area contributed by atoms with Crippen molar-refractivity contribution in [3.05, 3.63) is 0 Å². The lowest BCUT2D eigenvalue weighted by Crippen LogP contribution is -2.50. The Morgan fingerprint density at radius 2 is 2.20 bits per heavy atom. The number of piperidine rings is 1. The number of carboxylic acid groups (broad SMARTS) is 1. The van der Waals surface area contributed by atoms with Crippen LogP contribution in [0.4, 0.5) is 0 Å². The maximum Gasteiger partial charge on any atom is 0.303 e. The van der Waals surface area contributed by atoms with E-state index in [0.29, 0.717) is 25.5 Å². The Labute approximate surface area is 120 Å². The van der Waals surface area contributed by atoms with Crippen molar-refractivity contribution in [3.8, 4) is 0 Å². The van der Waals surface area contributed by atoms with Gasteiger partial charge in [0.1, 0.15) is 0 Å². The Hall–Kier alpha value is -1.10. The van der Waals surface area contributed by atoms with E-state index < -0.39 is 5.97 Å². The molecule has 0 radical (unpaired) electrons. The predicted molar refractivity (Wildman–Crippen MR) is 74.3 cm³/mol. The van der Waals surface area contributed by atoms with Crippen molar-refractivity contribution in [3.63, 3.8) is 0 Å². The Morgan fingerprint density at radius 3 is 2.85 bits per heavy atom. The van der Waals surface area contributed by atoms with Crippen molar-refractivity contribution in [1.29, 1.82) is 0 Å². The number of hydrogen-bond acceptors (Lipinski definition) is 3. The number of amides is 1. The molecule has 5 heteroatoms. The second-order valence-corrected chi connectivity index (χ2v) is 6.41. The molecule has 1 N–H and O–H groups in total.